The fourth-order valence-electron chi connectivity index (χ4n) is 1.78. The Morgan fingerprint density at radius 1 is 1.50 bits per heavy atom. The van der Waals surface area contributed by atoms with E-state index in [0.717, 1.165) is 36.5 Å². The lowest BCUT2D eigenvalue weighted by Gasteiger charge is -2.39. The molecule has 1 aromatic heterocycles. The maximum Gasteiger partial charge on any atom is 0.225 e. The number of hydrogen-bond donors (Lipinski definition) is 0. The highest BCUT2D eigenvalue weighted by atomic mass is 79.9. The van der Waals surface area contributed by atoms with Crippen LogP contribution >= 0.6 is 15.9 Å². The minimum atomic E-state index is -0.0747. The molecular formula is C11H16BrN3O. The summed E-state index contributed by atoms with van der Waals surface area (Å²) in [4.78, 5) is 10.8. The number of halogens is 1. The second-order valence-corrected chi connectivity index (χ2v) is 5.19. The molecule has 0 radical (unpaired) electrons. The number of nitrogens with zero attached hydrogens (tertiary/aromatic N) is 3. The van der Waals surface area contributed by atoms with E-state index in [2.05, 4.69) is 44.6 Å². The van der Waals surface area contributed by atoms with Crippen LogP contribution < -0.4 is 4.90 Å². The van der Waals surface area contributed by atoms with Crippen molar-refractivity contribution < 1.29 is 4.74 Å². The molecule has 0 N–H and O–H groups in total. The van der Waals surface area contributed by atoms with E-state index < -0.39 is 0 Å². The van der Waals surface area contributed by atoms with Crippen molar-refractivity contribution in [2.45, 2.75) is 25.9 Å². The molecule has 16 heavy (non-hydrogen) atoms. The third-order valence-electron chi connectivity index (χ3n) is 2.97. The maximum atomic E-state index is 5.78. The van der Waals surface area contributed by atoms with Crippen molar-refractivity contribution in [3.8, 4) is 0 Å². The Bertz CT molecular complexity index is 357. The zero-order valence-corrected chi connectivity index (χ0v) is 11.2. The molecule has 2 rings (SSSR count). The van der Waals surface area contributed by atoms with Crippen molar-refractivity contribution in [2.75, 3.05) is 24.6 Å². The summed E-state index contributed by atoms with van der Waals surface area (Å²) in [5.41, 5.74) is -0.0747. The predicted octanol–water partition coefficient (Wildman–Crippen LogP) is 2.24. The average Bonchev–Trinajstić information content (AvgIpc) is 2.30. The van der Waals surface area contributed by atoms with Gasteiger partial charge in [0.2, 0.25) is 5.95 Å². The second kappa shape index (κ2) is 4.67. The van der Waals surface area contributed by atoms with Gasteiger partial charge in [0.05, 0.1) is 16.7 Å². The molecule has 1 aromatic rings. The fourth-order valence-corrected chi connectivity index (χ4v) is 1.99. The van der Waals surface area contributed by atoms with Crippen LogP contribution in [0.15, 0.2) is 16.9 Å². The van der Waals surface area contributed by atoms with Crippen LogP contribution in [0.5, 0.6) is 0 Å². The van der Waals surface area contributed by atoms with E-state index in [1.807, 2.05) is 0 Å². The first kappa shape index (κ1) is 11.8. The van der Waals surface area contributed by atoms with Gasteiger partial charge >= 0.3 is 0 Å². The number of morpholine rings is 1. The van der Waals surface area contributed by atoms with E-state index in [1.165, 1.54) is 0 Å². The van der Waals surface area contributed by atoms with Crippen LogP contribution in [0, 0.1) is 0 Å². The molecule has 1 saturated heterocycles. The highest BCUT2D eigenvalue weighted by Gasteiger charge is 2.31. The monoisotopic (exact) mass is 285 g/mol. The SMILES string of the molecule is CCC1(C)CN(c2ncc(Br)cn2)CCO1. The summed E-state index contributed by atoms with van der Waals surface area (Å²) in [5, 5.41) is 0. The van der Waals surface area contributed by atoms with E-state index in [-0.39, 0.29) is 5.60 Å². The molecule has 1 aliphatic heterocycles. The van der Waals surface area contributed by atoms with Crippen LogP contribution in [0.3, 0.4) is 0 Å². The number of hydrogen-bond acceptors (Lipinski definition) is 4. The molecule has 1 fully saturated rings. The normalized spacial score (nSPS) is 25.8. The number of aromatic nitrogens is 2. The molecule has 2 heterocycles. The first-order valence-corrected chi connectivity index (χ1v) is 6.29. The molecule has 0 spiro atoms. The number of ether oxygens (including phenoxy) is 1. The van der Waals surface area contributed by atoms with Crippen molar-refractivity contribution in [1.29, 1.82) is 0 Å². The van der Waals surface area contributed by atoms with Crippen LogP contribution in [-0.4, -0.2) is 35.3 Å². The molecule has 1 atom stereocenters. The summed E-state index contributed by atoms with van der Waals surface area (Å²) in [5.74, 6) is 0.783. The van der Waals surface area contributed by atoms with Gasteiger partial charge in [-0.05, 0) is 29.3 Å². The zero-order chi connectivity index (χ0) is 11.6. The average molecular weight is 286 g/mol. The van der Waals surface area contributed by atoms with Crippen LogP contribution in [-0.2, 0) is 4.74 Å². The van der Waals surface area contributed by atoms with Crippen molar-refractivity contribution in [2.24, 2.45) is 0 Å². The quantitative estimate of drug-likeness (QED) is 0.835. The summed E-state index contributed by atoms with van der Waals surface area (Å²) >= 11 is 3.34. The van der Waals surface area contributed by atoms with Gasteiger partial charge in [-0.3, -0.25) is 0 Å². The third-order valence-corrected chi connectivity index (χ3v) is 3.38. The van der Waals surface area contributed by atoms with Gasteiger partial charge in [0.25, 0.3) is 0 Å². The molecule has 4 nitrogen and oxygen atoms in total. The fraction of sp³-hybridized carbons (Fsp3) is 0.636. The molecule has 1 unspecified atom stereocenters. The Kier molecular flexibility index (Phi) is 3.44. The Labute approximate surface area is 104 Å². The van der Waals surface area contributed by atoms with Crippen molar-refractivity contribution in [3.05, 3.63) is 16.9 Å². The van der Waals surface area contributed by atoms with Crippen molar-refractivity contribution in [1.82, 2.24) is 9.97 Å². The van der Waals surface area contributed by atoms with Crippen molar-refractivity contribution >= 4 is 21.9 Å². The van der Waals surface area contributed by atoms with Crippen LogP contribution in [0.2, 0.25) is 0 Å². The van der Waals surface area contributed by atoms with Gasteiger partial charge < -0.3 is 9.64 Å². The van der Waals surface area contributed by atoms with Gasteiger partial charge in [-0.2, -0.15) is 0 Å². The van der Waals surface area contributed by atoms with E-state index in [9.17, 15) is 0 Å². The summed E-state index contributed by atoms with van der Waals surface area (Å²) < 4.78 is 6.69. The number of anilines is 1. The summed E-state index contributed by atoms with van der Waals surface area (Å²) in [6, 6.07) is 0. The Hall–Kier alpha value is -0.680. The minimum Gasteiger partial charge on any atom is -0.372 e. The van der Waals surface area contributed by atoms with Crippen LogP contribution in [0.25, 0.3) is 0 Å². The van der Waals surface area contributed by atoms with Crippen LogP contribution in [0.1, 0.15) is 20.3 Å². The molecule has 5 heteroatoms. The van der Waals surface area contributed by atoms with Gasteiger partial charge in [-0.25, -0.2) is 9.97 Å². The lowest BCUT2D eigenvalue weighted by Crippen LogP contribution is -2.50. The Morgan fingerprint density at radius 2 is 2.19 bits per heavy atom. The maximum absolute atomic E-state index is 5.78. The second-order valence-electron chi connectivity index (χ2n) is 4.27. The Balaban J connectivity index is 2.12. The smallest absolute Gasteiger partial charge is 0.225 e. The molecule has 0 aromatic carbocycles. The topological polar surface area (TPSA) is 38.2 Å². The molecule has 0 aliphatic carbocycles. The molecule has 88 valence electrons. The molecule has 0 saturated carbocycles. The molecule has 0 amide bonds. The molecular weight excluding hydrogens is 270 g/mol. The predicted molar refractivity (Wildman–Crippen MR) is 66.6 cm³/mol. The standard InChI is InChI=1S/C11H16BrN3O/c1-3-11(2)8-15(4-5-16-11)10-13-6-9(12)7-14-10/h6-7H,3-5,8H2,1-2H3. The lowest BCUT2D eigenvalue weighted by atomic mass is 10.0. The van der Waals surface area contributed by atoms with E-state index in [1.54, 1.807) is 12.4 Å². The molecule has 0 bridgehead atoms. The van der Waals surface area contributed by atoms with E-state index in [4.69, 9.17) is 4.74 Å². The summed E-state index contributed by atoms with van der Waals surface area (Å²) in [6.07, 6.45) is 4.56. The lowest BCUT2D eigenvalue weighted by molar-refractivity contribution is -0.0445. The van der Waals surface area contributed by atoms with E-state index in [0.29, 0.717) is 0 Å². The molecule has 1 aliphatic rings. The zero-order valence-electron chi connectivity index (χ0n) is 9.61. The third kappa shape index (κ3) is 2.52. The van der Waals surface area contributed by atoms with Crippen LogP contribution in [0.4, 0.5) is 5.95 Å². The highest BCUT2D eigenvalue weighted by molar-refractivity contribution is 9.10. The summed E-state index contributed by atoms with van der Waals surface area (Å²) in [6.45, 7) is 6.73. The first-order chi connectivity index (χ1) is 7.63. The van der Waals surface area contributed by atoms with Crippen molar-refractivity contribution in [3.63, 3.8) is 0 Å². The minimum absolute atomic E-state index is 0.0747. The first-order valence-electron chi connectivity index (χ1n) is 5.49. The van der Waals surface area contributed by atoms with Gasteiger partial charge in [-0.1, -0.05) is 6.92 Å². The van der Waals surface area contributed by atoms with E-state index >= 15 is 0 Å². The van der Waals surface area contributed by atoms with Gasteiger partial charge in [-0.15, -0.1) is 0 Å². The summed E-state index contributed by atoms with van der Waals surface area (Å²) in [7, 11) is 0. The van der Waals surface area contributed by atoms with Gasteiger partial charge in [0, 0.05) is 25.5 Å². The van der Waals surface area contributed by atoms with Gasteiger partial charge in [0.15, 0.2) is 0 Å². The Morgan fingerprint density at radius 3 is 2.81 bits per heavy atom. The highest BCUT2D eigenvalue weighted by Crippen LogP contribution is 2.23. The van der Waals surface area contributed by atoms with Gasteiger partial charge in [0.1, 0.15) is 0 Å². The largest absolute Gasteiger partial charge is 0.372 e. The number of rotatable bonds is 2.